The number of nitrogens with zero attached hydrogens (tertiary/aromatic N) is 3. The summed E-state index contributed by atoms with van der Waals surface area (Å²) >= 11 is 1.77. The first-order chi connectivity index (χ1) is 8.31. The van der Waals surface area contributed by atoms with Gasteiger partial charge in [0.25, 0.3) is 0 Å². The van der Waals surface area contributed by atoms with Crippen molar-refractivity contribution in [1.29, 1.82) is 0 Å². The summed E-state index contributed by atoms with van der Waals surface area (Å²) in [6.45, 7) is 2.43. The molecule has 0 unspecified atom stereocenters. The Morgan fingerprint density at radius 1 is 1.53 bits per heavy atom. The molecule has 0 radical (unpaired) electrons. The number of hydrogen-bond acceptors (Lipinski definition) is 5. The third-order valence-electron chi connectivity index (χ3n) is 3.00. The van der Waals surface area contributed by atoms with E-state index in [0.717, 1.165) is 36.4 Å². The summed E-state index contributed by atoms with van der Waals surface area (Å²) in [6.07, 6.45) is 3.24. The highest BCUT2D eigenvalue weighted by Crippen LogP contribution is 2.23. The van der Waals surface area contributed by atoms with Crippen molar-refractivity contribution in [3.05, 3.63) is 5.82 Å². The first-order valence-corrected chi connectivity index (χ1v) is 7.08. The summed E-state index contributed by atoms with van der Waals surface area (Å²) < 4.78 is 7.51. The molecule has 17 heavy (non-hydrogen) atoms. The van der Waals surface area contributed by atoms with Gasteiger partial charge in [-0.05, 0) is 25.3 Å². The maximum atomic E-state index is 5.53. The summed E-state index contributed by atoms with van der Waals surface area (Å²) in [7, 11) is 2.00. The molecule has 1 aromatic heterocycles. The average molecular weight is 256 g/mol. The zero-order valence-electron chi connectivity index (χ0n) is 10.3. The van der Waals surface area contributed by atoms with Crippen molar-refractivity contribution >= 4 is 11.8 Å². The summed E-state index contributed by atoms with van der Waals surface area (Å²) in [6, 6.07) is 0. The Morgan fingerprint density at radius 2 is 2.41 bits per heavy atom. The second-order valence-electron chi connectivity index (χ2n) is 4.39. The van der Waals surface area contributed by atoms with Crippen LogP contribution in [0.1, 0.15) is 18.7 Å². The topological polar surface area (TPSA) is 66.0 Å². The SMILES string of the molecule is Cn1c(CCN)nnc1SC[C@@H]1CCCOC1. The molecule has 1 fully saturated rings. The van der Waals surface area contributed by atoms with Crippen molar-refractivity contribution in [2.45, 2.75) is 24.4 Å². The van der Waals surface area contributed by atoms with Gasteiger partial charge in [-0.25, -0.2) is 0 Å². The van der Waals surface area contributed by atoms with Gasteiger partial charge in [0, 0.05) is 25.8 Å². The molecule has 1 saturated heterocycles. The zero-order valence-corrected chi connectivity index (χ0v) is 11.1. The van der Waals surface area contributed by atoms with E-state index in [0.29, 0.717) is 12.5 Å². The van der Waals surface area contributed by atoms with Crippen molar-refractivity contribution in [2.24, 2.45) is 18.7 Å². The monoisotopic (exact) mass is 256 g/mol. The van der Waals surface area contributed by atoms with Gasteiger partial charge in [-0.1, -0.05) is 11.8 Å². The van der Waals surface area contributed by atoms with Gasteiger partial charge in [0.2, 0.25) is 0 Å². The molecule has 0 aliphatic carbocycles. The molecular weight excluding hydrogens is 236 g/mol. The minimum Gasteiger partial charge on any atom is -0.381 e. The maximum absolute atomic E-state index is 5.53. The van der Waals surface area contributed by atoms with E-state index in [1.54, 1.807) is 11.8 Å². The van der Waals surface area contributed by atoms with Crippen LogP contribution in [0.25, 0.3) is 0 Å². The minimum absolute atomic E-state index is 0.618. The van der Waals surface area contributed by atoms with Crippen LogP contribution in [-0.4, -0.2) is 40.3 Å². The molecule has 1 atom stereocenters. The van der Waals surface area contributed by atoms with E-state index >= 15 is 0 Å². The van der Waals surface area contributed by atoms with Gasteiger partial charge in [0.05, 0.1) is 6.61 Å². The number of ether oxygens (including phenoxy) is 1. The Bertz CT molecular complexity index is 349. The molecule has 1 aliphatic rings. The van der Waals surface area contributed by atoms with Crippen molar-refractivity contribution in [2.75, 3.05) is 25.5 Å². The van der Waals surface area contributed by atoms with Gasteiger partial charge < -0.3 is 15.0 Å². The van der Waals surface area contributed by atoms with E-state index < -0.39 is 0 Å². The molecule has 1 aliphatic heterocycles. The predicted molar refractivity (Wildman–Crippen MR) is 68.0 cm³/mol. The first kappa shape index (κ1) is 12.9. The lowest BCUT2D eigenvalue weighted by atomic mass is 10.1. The number of nitrogens with two attached hydrogens (primary N) is 1. The van der Waals surface area contributed by atoms with Crippen molar-refractivity contribution in [1.82, 2.24) is 14.8 Å². The molecule has 1 aromatic rings. The highest BCUT2D eigenvalue weighted by atomic mass is 32.2. The molecule has 5 nitrogen and oxygen atoms in total. The highest BCUT2D eigenvalue weighted by molar-refractivity contribution is 7.99. The van der Waals surface area contributed by atoms with Crippen LogP contribution in [0.4, 0.5) is 0 Å². The first-order valence-electron chi connectivity index (χ1n) is 6.10. The Kier molecular flexibility index (Phi) is 4.82. The van der Waals surface area contributed by atoms with E-state index in [1.165, 1.54) is 12.8 Å². The summed E-state index contributed by atoms with van der Waals surface area (Å²) in [5, 5.41) is 9.33. The molecule has 2 rings (SSSR count). The van der Waals surface area contributed by atoms with Crippen LogP contribution in [0, 0.1) is 5.92 Å². The van der Waals surface area contributed by atoms with Gasteiger partial charge in [0.1, 0.15) is 5.82 Å². The summed E-state index contributed by atoms with van der Waals surface area (Å²) in [5.74, 6) is 2.69. The fourth-order valence-corrected chi connectivity index (χ4v) is 2.99. The molecular formula is C11H20N4OS. The highest BCUT2D eigenvalue weighted by Gasteiger charge is 2.16. The van der Waals surface area contributed by atoms with Crippen LogP contribution in [0.5, 0.6) is 0 Å². The maximum Gasteiger partial charge on any atom is 0.190 e. The van der Waals surface area contributed by atoms with Crippen molar-refractivity contribution < 1.29 is 4.74 Å². The standard InChI is InChI=1S/C11H20N4OS/c1-15-10(4-5-12)13-14-11(15)17-8-9-3-2-6-16-7-9/h9H,2-8,12H2,1H3/t9-/m1/s1. The normalized spacial score (nSPS) is 20.7. The molecule has 0 amide bonds. The Labute approximate surface area is 106 Å². The molecule has 6 heteroatoms. The van der Waals surface area contributed by atoms with Crippen molar-refractivity contribution in [3.8, 4) is 0 Å². The average Bonchev–Trinajstić information content (AvgIpc) is 2.70. The Balaban J connectivity index is 1.85. The molecule has 96 valence electrons. The third kappa shape index (κ3) is 3.43. The quantitative estimate of drug-likeness (QED) is 0.791. The number of hydrogen-bond donors (Lipinski definition) is 1. The van der Waals surface area contributed by atoms with Crippen molar-refractivity contribution in [3.63, 3.8) is 0 Å². The zero-order chi connectivity index (χ0) is 12.1. The van der Waals surface area contributed by atoms with E-state index in [1.807, 2.05) is 11.6 Å². The van der Waals surface area contributed by atoms with E-state index in [-0.39, 0.29) is 0 Å². The van der Waals surface area contributed by atoms with E-state index in [9.17, 15) is 0 Å². The van der Waals surface area contributed by atoms with Gasteiger partial charge in [0.15, 0.2) is 5.16 Å². The van der Waals surface area contributed by atoms with Gasteiger partial charge >= 0.3 is 0 Å². The number of rotatable bonds is 5. The van der Waals surface area contributed by atoms with Gasteiger partial charge in [-0.15, -0.1) is 10.2 Å². The molecule has 2 N–H and O–H groups in total. The molecule has 0 aromatic carbocycles. The number of aromatic nitrogens is 3. The lowest BCUT2D eigenvalue weighted by Crippen LogP contribution is -2.19. The Hall–Kier alpha value is -0.590. The van der Waals surface area contributed by atoms with Crippen LogP contribution in [0.2, 0.25) is 0 Å². The van der Waals surface area contributed by atoms with Gasteiger partial charge in [-0.3, -0.25) is 0 Å². The second-order valence-corrected chi connectivity index (χ2v) is 5.38. The molecule has 0 bridgehead atoms. The van der Waals surface area contributed by atoms with Crippen LogP contribution in [-0.2, 0) is 18.2 Å². The van der Waals surface area contributed by atoms with Gasteiger partial charge in [-0.2, -0.15) is 0 Å². The fourth-order valence-electron chi connectivity index (χ4n) is 1.95. The second kappa shape index (κ2) is 6.37. The lowest BCUT2D eigenvalue weighted by Gasteiger charge is -2.21. The van der Waals surface area contributed by atoms with Crippen LogP contribution >= 0.6 is 11.8 Å². The molecule has 0 saturated carbocycles. The Morgan fingerprint density at radius 3 is 3.12 bits per heavy atom. The predicted octanol–water partition coefficient (Wildman–Crippen LogP) is 0.835. The summed E-state index contributed by atoms with van der Waals surface area (Å²) in [5.41, 5.74) is 5.53. The molecule has 0 spiro atoms. The largest absolute Gasteiger partial charge is 0.381 e. The smallest absolute Gasteiger partial charge is 0.190 e. The third-order valence-corrected chi connectivity index (χ3v) is 4.25. The lowest BCUT2D eigenvalue weighted by molar-refractivity contribution is 0.0632. The minimum atomic E-state index is 0.618. The van der Waals surface area contributed by atoms with E-state index in [2.05, 4.69) is 10.2 Å². The van der Waals surface area contributed by atoms with Crippen LogP contribution < -0.4 is 5.73 Å². The molecule has 2 heterocycles. The van der Waals surface area contributed by atoms with Crippen LogP contribution in [0.3, 0.4) is 0 Å². The number of thioether (sulfide) groups is 1. The van der Waals surface area contributed by atoms with Crippen LogP contribution in [0.15, 0.2) is 5.16 Å². The van der Waals surface area contributed by atoms with E-state index in [4.69, 9.17) is 10.5 Å². The summed E-state index contributed by atoms with van der Waals surface area (Å²) in [4.78, 5) is 0. The fraction of sp³-hybridized carbons (Fsp3) is 0.818.